The van der Waals surface area contributed by atoms with Gasteiger partial charge in [-0.25, -0.2) is 0 Å². The van der Waals surface area contributed by atoms with Crippen LogP contribution in [0.2, 0.25) is 0 Å². The Morgan fingerprint density at radius 1 is 1.29 bits per heavy atom. The van der Waals surface area contributed by atoms with Crippen molar-refractivity contribution in [1.29, 1.82) is 0 Å². The molecule has 0 amide bonds. The van der Waals surface area contributed by atoms with E-state index in [1.165, 1.54) is 11.1 Å². The molecule has 0 aliphatic carbocycles. The van der Waals surface area contributed by atoms with Crippen LogP contribution >= 0.6 is 15.9 Å². The van der Waals surface area contributed by atoms with E-state index in [4.69, 9.17) is 9.15 Å². The van der Waals surface area contributed by atoms with Gasteiger partial charge in [0.25, 0.3) is 0 Å². The molecule has 0 saturated heterocycles. The smallest absolute Gasteiger partial charge is 0.133 e. The number of rotatable bonds is 6. The van der Waals surface area contributed by atoms with E-state index in [9.17, 15) is 0 Å². The topological polar surface area (TPSA) is 34.4 Å². The highest BCUT2D eigenvalue weighted by molar-refractivity contribution is 9.10. The second-order valence-electron chi connectivity index (χ2n) is 5.13. The maximum Gasteiger partial charge on any atom is 0.133 e. The monoisotopic (exact) mass is 351 g/mol. The molecule has 0 aliphatic rings. The minimum absolute atomic E-state index is 0.110. The van der Waals surface area contributed by atoms with E-state index in [2.05, 4.69) is 46.4 Å². The SMILES string of the molecule is CCCOc1ccc(C(NC)c2cc(C)oc2C)cc1Br. The summed E-state index contributed by atoms with van der Waals surface area (Å²) in [6.45, 7) is 6.80. The first-order valence-corrected chi connectivity index (χ1v) is 8.02. The first-order valence-electron chi connectivity index (χ1n) is 7.23. The van der Waals surface area contributed by atoms with E-state index in [1.807, 2.05) is 27.0 Å². The molecule has 1 unspecified atom stereocenters. The molecule has 4 heteroatoms. The normalized spacial score (nSPS) is 12.4. The Hall–Kier alpha value is -1.26. The largest absolute Gasteiger partial charge is 0.492 e. The van der Waals surface area contributed by atoms with Gasteiger partial charge in [-0.1, -0.05) is 13.0 Å². The molecular weight excluding hydrogens is 330 g/mol. The fourth-order valence-electron chi connectivity index (χ4n) is 2.46. The Labute approximate surface area is 134 Å². The molecule has 3 nitrogen and oxygen atoms in total. The second-order valence-corrected chi connectivity index (χ2v) is 5.98. The summed E-state index contributed by atoms with van der Waals surface area (Å²) in [6.07, 6.45) is 1.00. The van der Waals surface area contributed by atoms with E-state index < -0.39 is 0 Å². The van der Waals surface area contributed by atoms with E-state index in [0.717, 1.165) is 34.8 Å². The lowest BCUT2D eigenvalue weighted by Gasteiger charge is -2.17. The van der Waals surface area contributed by atoms with Gasteiger partial charge in [-0.2, -0.15) is 0 Å². The van der Waals surface area contributed by atoms with Crippen LogP contribution < -0.4 is 10.1 Å². The summed E-state index contributed by atoms with van der Waals surface area (Å²) in [4.78, 5) is 0. The predicted octanol–water partition coefficient (Wildman–Crippen LogP) is 4.76. The maximum absolute atomic E-state index is 5.70. The molecule has 0 aliphatic heterocycles. The van der Waals surface area contributed by atoms with Gasteiger partial charge in [0.05, 0.1) is 17.1 Å². The fraction of sp³-hybridized carbons (Fsp3) is 0.412. The first-order chi connectivity index (χ1) is 10.1. The number of aryl methyl sites for hydroxylation is 2. The average molecular weight is 352 g/mol. The van der Waals surface area contributed by atoms with Gasteiger partial charge < -0.3 is 14.5 Å². The van der Waals surface area contributed by atoms with Crippen molar-refractivity contribution in [3.63, 3.8) is 0 Å². The summed E-state index contributed by atoms with van der Waals surface area (Å²) < 4.78 is 12.3. The van der Waals surface area contributed by atoms with Gasteiger partial charge in [0.1, 0.15) is 17.3 Å². The Morgan fingerprint density at radius 2 is 2.05 bits per heavy atom. The van der Waals surface area contributed by atoms with Crippen LogP contribution in [0.1, 0.15) is 42.0 Å². The lowest BCUT2D eigenvalue weighted by molar-refractivity contribution is 0.315. The summed E-state index contributed by atoms with van der Waals surface area (Å²) in [6, 6.07) is 8.42. The van der Waals surface area contributed by atoms with Gasteiger partial charge >= 0.3 is 0 Å². The lowest BCUT2D eigenvalue weighted by Crippen LogP contribution is -2.18. The standard InChI is InChI=1S/C17H22BrNO2/c1-5-8-20-16-7-6-13(10-15(16)18)17(19-4)14-9-11(2)21-12(14)3/h6-7,9-10,17,19H,5,8H2,1-4H3. The third-order valence-electron chi connectivity index (χ3n) is 3.43. The third kappa shape index (κ3) is 3.69. The number of hydrogen-bond acceptors (Lipinski definition) is 3. The number of hydrogen-bond donors (Lipinski definition) is 1. The molecule has 21 heavy (non-hydrogen) atoms. The Bertz CT molecular complexity index is 607. The van der Waals surface area contributed by atoms with Crippen molar-refractivity contribution in [3.05, 3.63) is 51.4 Å². The molecule has 0 spiro atoms. The van der Waals surface area contributed by atoms with Crippen molar-refractivity contribution in [2.45, 2.75) is 33.2 Å². The summed E-state index contributed by atoms with van der Waals surface area (Å²) in [5.74, 6) is 2.77. The van der Waals surface area contributed by atoms with Gasteiger partial charge in [-0.05, 0) is 67.0 Å². The number of nitrogens with one attached hydrogen (secondary N) is 1. The van der Waals surface area contributed by atoms with Crippen LogP contribution in [0.5, 0.6) is 5.75 Å². The molecular formula is C17H22BrNO2. The summed E-state index contributed by atoms with van der Waals surface area (Å²) in [7, 11) is 1.96. The third-order valence-corrected chi connectivity index (χ3v) is 4.05. The molecule has 1 atom stereocenters. The molecule has 1 heterocycles. The van der Waals surface area contributed by atoms with Crippen LogP contribution in [0.25, 0.3) is 0 Å². The van der Waals surface area contributed by atoms with Gasteiger partial charge in [0.2, 0.25) is 0 Å². The number of halogens is 1. The first kappa shape index (κ1) is 16.1. The molecule has 2 aromatic rings. The summed E-state index contributed by atoms with van der Waals surface area (Å²) >= 11 is 3.59. The van der Waals surface area contributed by atoms with Crippen molar-refractivity contribution in [2.24, 2.45) is 0 Å². The molecule has 2 rings (SSSR count). The van der Waals surface area contributed by atoms with Gasteiger partial charge in [0, 0.05) is 5.56 Å². The highest BCUT2D eigenvalue weighted by Gasteiger charge is 2.18. The van der Waals surface area contributed by atoms with E-state index >= 15 is 0 Å². The van der Waals surface area contributed by atoms with Crippen LogP contribution in [0, 0.1) is 13.8 Å². The molecule has 1 aromatic carbocycles. The van der Waals surface area contributed by atoms with Crippen molar-refractivity contribution in [1.82, 2.24) is 5.32 Å². The quantitative estimate of drug-likeness (QED) is 0.814. The lowest BCUT2D eigenvalue weighted by atomic mass is 9.99. The number of benzene rings is 1. The van der Waals surface area contributed by atoms with Gasteiger partial charge in [0.15, 0.2) is 0 Å². The highest BCUT2D eigenvalue weighted by atomic mass is 79.9. The zero-order valence-corrected chi connectivity index (χ0v) is 14.6. The fourth-order valence-corrected chi connectivity index (χ4v) is 2.98. The summed E-state index contributed by atoms with van der Waals surface area (Å²) in [5, 5.41) is 3.36. The number of furan rings is 1. The molecule has 1 aromatic heterocycles. The van der Waals surface area contributed by atoms with Crippen LogP contribution in [0.4, 0.5) is 0 Å². The van der Waals surface area contributed by atoms with Gasteiger partial charge in [-0.3, -0.25) is 0 Å². The Kier molecular flexibility index (Phi) is 5.48. The van der Waals surface area contributed by atoms with E-state index in [1.54, 1.807) is 0 Å². The zero-order valence-electron chi connectivity index (χ0n) is 13.0. The molecule has 0 saturated carbocycles. The summed E-state index contributed by atoms with van der Waals surface area (Å²) in [5.41, 5.74) is 2.35. The van der Waals surface area contributed by atoms with Gasteiger partial charge in [-0.15, -0.1) is 0 Å². The second kappa shape index (κ2) is 7.14. The van der Waals surface area contributed by atoms with Crippen molar-refractivity contribution < 1.29 is 9.15 Å². The average Bonchev–Trinajstić information content (AvgIpc) is 2.78. The molecule has 0 radical (unpaired) electrons. The van der Waals surface area contributed by atoms with Crippen LogP contribution in [0.3, 0.4) is 0 Å². The predicted molar refractivity (Wildman–Crippen MR) is 89.0 cm³/mol. The number of ether oxygens (including phenoxy) is 1. The van der Waals surface area contributed by atoms with Crippen molar-refractivity contribution >= 4 is 15.9 Å². The minimum atomic E-state index is 0.110. The van der Waals surface area contributed by atoms with Crippen molar-refractivity contribution in [3.8, 4) is 5.75 Å². The Balaban J connectivity index is 2.30. The van der Waals surface area contributed by atoms with Crippen LogP contribution in [-0.2, 0) is 0 Å². The maximum atomic E-state index is 5.70. The molecule has 114 valence electrons. The highest BCUT2D eigenvalue weighted by Crippen LogP contribution is 2.32. The van der Waals surface area contributed by atoms with Crippen LogP contribution in [-0.4, -0.2) is 13.7 Å². The van der Waals surface area contributed by atoms with E-state index in [0.29, 0.717) is 0 Å². The minimum Gasteiger partial charge on any atom is -0.492 e. The van der Waals surface area contributed by atoms with E-state index in [-0.39, 0.29) is 6.04 Å². The van der Waals surface area contributed by atoms with Crippen molar-refractivity contribution in [2.75, 3.05) is 13.7 Å². The molecule has 0 fully saturated rings. The molecule has 1 N–H and O–H groups in total. The van der Waals surface area contributed by atoms with Crippen LogP contribution in [0.15, 0.2) is 33.2 Å². The zero-order chi connectivity index (χ0) is 15.4. The Morgan fingerprint density at radius 3 is 2.57 bits per heavy atom. The molecule has 0 bridgehead atoms.